The van der Waals surface area contributed by atoms with Gasteiger partial charge in [-0.15, -0.1) is 0 Å². The molecular weight excluding hydrogens is 1080 g/mol. The van der Waals surface area contributed by atoms with Gasteiger partial charge in [-0.25, -0.2) is 9.13 Å². The number of carbonyl (C=O) groups is 4. The summed E-state index contributed by atoms with van der Waals surface area (Å²) < 4.78 is 67.7. The highest BCUT2D eigenvalue weighted by molar-refractivity contribution is 7.47. The number of aliphatic hydroxyl groups excluding tert-OH is 1. The number of phosphoric ester groups is 2. The van der Waals surface area contributed by atoms with E-state index >= 15 is 0 Å². The van der Waals surface area contributed by atoms with E-state index in [4.69, 9.17) is 37.0 Å². The summed E-state index contributed by atoms with van der Waals surface area (Å²) in [6, 6.07) is 0. The first-order valence-electron chi connectivity index (χ1n) is 32.8. The van der Waals surface area contributed by atoms with Crippen LogP contribution in [0.2, 0.25) is 0 Å². The maximum atomic E-state index is 12.9. The molecule has 0 saturated heterocycles. The summed E-state index contributed by atoms with van der Waals surface area (Å²) in [5.74, 6) is -2.14. The summed E-state index contributed by atoms with van der Waals surface area (Å²) in [4.78, 5) is 71.9. The zero-order valence-electron chi connectivity index (χ0n) is 51.7. The lowest BCUT2D eigenvalue weighted by Gasteiger charge is -2.21. The highest BCUT2D eigenvalue weighted by atomic mass is 31.2. The van der Waals surface area contributed by atoms with Gasteiger partial charge in [-0.1, -0.05) is 265 Å². The number of unbranched alkanes of at least 4 members (excludes halogenated alkanes) is 37. The van der Waals surface area contributed by atoms with Crippen LogP contribution in [0.4, 0.5) is 0 Å². The molecule has 0 aliphatic heterocycles. The van der Waals surface area contributed by atoms with E-state index in [-0.39, 0.29) is 25.7 Å². The fraction of sp³-hybridized carbons (Fsp3) is 0.935. The molecule has 0 spiro atoms. The van der Waals surface area contributed by atoms with Gasteiger partial charge in [0.25, 0.3) is 0 Å². The Hall–Kier alpha value is -1.94. The van der Waals surface area contributed by atoms with Crippen molar-refractivity contribution in [2.24, 2.45) is 0 Å². The van der Waals surface area contributed by atoms with Crippen LogP contribution in [0.25, 0.3) is 0 Å². The topological polar surface area (TPSA) is 237 Å². The van der Waals surface area contributed by atoms with E-state index in [9.17, 15) is 43.2 Å². The first kappa shape index (κ1) is 79.1. The van der Waals surface area contributed by atoms with Gasteiger partial charge in [-0.05, 0) is 25.7 Å². The molecule has 0 radical (unpaired) electrons. The van der Waals surface area contributed by atoms with Crippen LogP contribution in [-0.4, -0.2) is 96.7 Å². The summed E-state index contributed by atoms with van der Waals surface area (Å²) in [7, 11) is -9.87. The predicted molar refractivity (Wildman–Crippen MR) is 322 cm³/mol. The Bertz CT molecular complexity index is 1570. The summed E-state index contributed by atoms with van der Waals surface area (Å²) in [6.07, 6.45) is 41.9. The lowest BCUT2D eigenvalue weighted by molar-refractivity contribution is -0.161. The van der Waals surface area contributed by atoms with E-state index in [1.165, 1.54) is 141 Å². The SMILES string of the molecule is CCCCCCCCCCCCCCCCCC(=O)O[C@H](COC(=O)CCCCCCCCCCCCC)COP(=O)(O)OC[C@@H](O)COP(=O)(O)OC[C@@H](COC(=O)CCCCCCC)OC(=O)CCCCCCCCCCCC. The molecule has 0 aliphatic carbocycles. The van der Waals surface area contributed by atoms with E-state index in [1.807, 2.05) is 0 Å². The Morgan fingerprint density at radius 1 is 0.296 bits per heavy atom. The van der Waals surface area contributed by atoms with E-state index in [1.54, 1.807) is 0 Å². The molecular formula is C62H120O17P2. The normalized spacial score (nSPS) is 14.2. The molecule has 0 amide bonds. The Kier molecular flexibility index (Phi) is 55.8. The number of esters is 4. The molecule has 480 valence electrons. The Balaban J connectivity index is 5.16. The first-order chi connectivity index (χ1) is 39.2. The highest BCUT2D eigenvalue weighted by Crippen LogP contribution is 2.45. The molecule has 0 saturated carbocycles. The maximum Gasteiger partial charge on any atom is 0.472 e. The van der Waals surface area contributed by atoms with Crippen LogP contribution in [0.15, 0.2) is 0 Å². The molecule has 0 aromatic carbocycles. The second-order valence-corrected chi connectivity index (χ2v) is 25.4. The van der Waals surface area contributed by atoms with E-state index in [0.717, 1.165) is 96.3 Å². The van der Waals surface area contributed by atoms with Gasteiger partial charge < -0.3 is 33.8 Å². The monoisotopic (exact) mass is 1200 g/mol. The van der Waals surface area contributed by atoms with Crippen molar-refractivity contribution in [3.63, 3.8) is 0 Å². The number of ether oxygens (including phenoxy) is 4. The minimum Gasteiger partial charge on any atom is -0.462 e. The van der Waals surface area contributed by atoms with Crippen LogP contribution in [0.3, 0.4) is 0 Å². The molecule has 5 atom stereocenters. The average Bonchev–Trinajstić information content (AvgIpc) is 3.45. The zero-order chi connectivity index (χ0) is 59.8. The van der Waals surface area contributed by atoms with Crippen molar-refractivity contribution < 1.29 is 80.2 Å². The third kappa shape index (κ3) is 56.9. The molecule has 0 aromatic heterocycles. The van der Waals surface area contributed by atoms with Crippen molar-refractivity contribution in [2.75, 3.05) is 39.6 Å². The van der Waals surface area contributed by atoms with Crippen molar-refractivity contribution in [3.8, 4) is 0 Å². The molecule has 17 nitrogen and oxygen atoms in total. The number of aliphatic hydroxyl groups is 1. The van der Waals surface area contributed by atoms with Gasteiger partial charge in [0, 0.05) is 25.7 Å². The zero-order valence-corrected chi connectivity index (χ0v) is 53.5. The first-order valence-corrected chi connectivity index (χ1v) is 35.8. The van der Waals surface area contributed by atoms with Gasteiger partial charge in [-0.3, -0.25) is 37.3 Å². The minimum atomic E-state index is -4.94. The third-order valence-corrected chi connectivity index (χ3v) is 16.3. The van der Waals surface area contributed by atoms with Crippen LogP contribution in [0.5, 0.6) is 0 Å². The fourth-order valence-electron chi connectivity index (χ4n) is 9.28. The van der Waals surface area contributed by atoms with Gasteiger partial charge in [-0.2, -0.15) is 0 Å². The molecule has 0 aromatic rings. The molecule has 0 heterocycles. The molecule has 0 rings (SSSR count). The van der Waals surface area contributed by atoms with E-state index in [2.05, 4.69) is 27.7 Å². The van der Waals surface area contributed by atoms with Crippen LogP contribution in [-0.2, 0) is 65.4 Å². The lowest BCUT2D eigenvalue weighted by atomic mass is 10.0. The molecule has 0 fully saturated rings. The molecule has 0 aliphatic rings. The van der Waals surface area contributed by atoms with E-state index in [0.29, 0.717) is 25.7 Å². The number of rotatable bonds is 63. The molecule has 2 unspecified atom stereocenters. The summed E-state index contributed by atoms with van der Waals surface area (Å²) in [5.41, 5.74) is 0. The molecule has 3 N–H and O–H groups in total. The smallest absolute Gasteiger partial charge is 0.462 e. The van der Waals surface area contributed by atoms with Crippen LogP contribution in [0.1, 0.15) is 317 Å². The van der Waals surface area contributed by atoms with Gasteiger partial charge in [0.15, 0.2) is 12.2 Å². The number of hydrogen-bond acceptors (Lipinski definition) is 15. The molecule has 0 bridgehead atoms. The highest BCUT2D eigenvalue weighted by Gasteiger charge is 2.30. The minimum absolute atomic E-state index is 0.106. The fourth-order valence-corrected chi connectivity index (χ4v) is 10.9. The third-order valence-electron chi connectivity index (χ3n) is 14.4. The van der Waals surface area contributed by atoms with Crippen molar-refractivity contribution in [1.29, 1.82) is 0 Å². The lowest BCUT2D eigenvalue weighted by Crippen LogP contribution is -2.30. The average molecular weight is 1200 g/mol. The Morgan fingerprint density at radius 2 is 0.494 bits per heavy atom. The van der Waals surface area contributed by atoms with Gasteiger partial charge in [0.05, 0.1) is 26.4 Å². The Labute approximate surface area is 492 Å². The quantitative estimate of drug-likeness (QED) is 0.0222. The van der Waals surface area contributed by atoms with Gasteiger partial charge in [0.1, 0.15) is 19.3 Å². The predicted octanol–water partition coefficient (Wildman–Crippen LogP) is 17.2. The largest absolute Gasteiger partial charge is 0.472 e. The maximum absolute atomic E-state index is 12.9. The molecule has 81 heavy (non-hydrogen) atoms. The summed E-state index contributed by atoms with van der Waals surface area (Å²) >= 11 is 0. The molecule has 19 heteroatoms. The van der Waals surface area contributed by atoms with Gasteiger partial charge in [0.2, 0.25) is 0 Å². The number of phosphoric acid groups is 2. The second kappa shape index (κ2) is 57.2. The second-order valence-electron chi connectivity index (χ2n) is 22.4. The van der Waals surface area contributed by atoms with E-state index < -0.39 is 97.5 Å². The standard InChI is InChI=1S/C62H120O17P2/c1-5-9-13-17-20-23-26-27-28-29-31-34-37-41-45-49-62(67)79-58(53-73-60(65)47-43-39-35-33-30-24-21-18-14-10-6-2)55-77-81(70,71)75-51-56(63)50-74-80(68,69)76-54-57(52-72-59(64)46-42-38-16-12-8-4)78-61(66)48-44-40-36-32-25-22-19-15-11-7-3/h56-58,63H,5-55H2,1-4H3,(H,68,69)(H,70,71)/t56-,57+,58+/m0/s1. The van der Waals surface area contributed by atoms with Crippen molar-refractivity contribution in [3.05, 3.63) is 0 Å². The van der Waals surface area contributed by atoms with Gasteiger partial charge >= 0.3 is 39.5 Å². The van der Waals surface area contributed by atoms with Crippen molar-refractivity contribution in [2.45, 2.75) is 335 Å². The number of carbonyl (C=O) groups excluding carboxylic acids is 4. The Morgan fingerprint density at radius 3 is 0.728 bits per heavy atom. The van der Waals surface area contributed by atoms with Crippen LogP contribution < -0.4 is 0 Å². The van der Waals surface area contributed by atoms with Crippen molar-refractivity contribution in [1.82, 2.24) is 0 Å². The van der Waals surface area contributed by atoms with Crippen LogP contribution >= 0.6 is 15.6 Å². The van der Waals surface area contributed by atoms with Crippen molar-refractivity contribution >= 4 is 39.5 Å². The van der Waals surface area contributed by atoms with Crippen LogP contribution in [0, 0.1) is 0 Å². The summed E-state index contributed by atoms with van der Waals surface area (Å²) in [6.45, 7) is 4.79. The number of hydrogen-bond donors (Lipinski definition) is 3. The summed E-state index contributed by atoms with van der Waals surface area (Å²) in [5, 5.41) is 10.5.